The summed E-state index contributed by atoms with van der Waals surface area (Å²) in [7, 11) is 3.54. The van der Waals surface area contributed by atoms with Gasteiger partial charge in [-0.2, -0.15) is 0 Å². The molecule has 1 aromatic rings. The number of fused-ring (bicyclic) bond motifs is 1. The Kier molecular flexibility index (Phi) is 5.62. The van der Waals surface area contributed by atoms with Gasteiger partial charge in [0.05, 0.1) is 13.0 Å². The van der Waals surface area contributed by atoms with E-state index in [-0.39, 0.29) is 5.91 Å². The van der Waals surface area contributed by atoms with Gasteiger partial charge in [-0.3, -0.25) is 4.79 Å². The van der Waals surface area contributed by atoms with Gasteiger partial charge < -0.3 is 15.0 Å². The van der Waals surface area contributed by atoms with Gasteiger partial charge in [0.15, 0.2) is 0 Å². The van der Waals surface area contributed by atoms with Crippen LogP contribution in [0.25, 0.3) is 0 Å². The van der Waals surface area contributed by atoms with E-state index in [0.29, 0.717) is 19.1 Å². The molecule has 0 saturated heterocycles. The molecule has 0 saturated carbocycles. The fraction of sp³-hybridized carbons (Fsp3) is 0.588. The highest BCUT2D eigenvalue weighted by Gasteiger charge is 2.22. The van der Waals surface area contributed by atoms with Crippen molar-refractivity contribution in [3.63, 3.8) is 0 Å². The molecule has 0 fully saturated rings. The molecule has 0 heterocycles. The van der Waals surface area contributed by atoms with Crippen molar-refractivity contribution < 1.29 is 9.53 Å². The number of rotatable bonds is 6. The van der Waals surface area contributed by atoms with E-state index in [1.54, 1.807) is 19.0 Å². The number of carbonyl (C=O) groups excluding carboxylic acids is 1. The van der Waals surface area contributed by atoms with Crippen LogP contribution in [0.5, 0.6) is 5.75 Å². The maximum atomic E-state index is 11.6. The third-order valence-corrected chi connectivity index (χ3v) is 3.99. The topological polar surface area (TPSA) is 41.6 Å². The fourth-order valence-corrected chi connectivity index (χ4v) is 2.88. The summed E-state index contributed by atoms with van der Waals surface area (Å²) < 4.78 is 5.88. The molecule has 1 N–H and O–H groups in total. The van der Waals surface area contributed by atoms with Crippen LogP contribution < -0.4 is 10.1 Å². The Labute approximate surface area is 127 Å². The van der Waals surface area contributed by atoms with Crippen molar-refractivity contribution in [1.29, 1.82) is 0 Å². The molecule has 4 heteroatoms. The molecule has 1 atom stereocenters. The number of benzene rings is 1. The van der Waals surface area contributed by atoms with E-state index in [4.69, 9.17) is 4.74 Å². The van der Waals surface area contributed by atoms with Gasteiger partial charge in [0.1, 0.15) is 5.75 Å². The Morgan fingerprint density at radius 1 is 1.43 bits per heavy atom. The van der Waals surface area contributed by atoms with E-state index in [9.17, 15) is 4.79 Å². The average molecular weight is 290 g/mol. The van der Waals surface area contributed by atoms with Gasteiger partial charge in [0.25, 0.3) is 0 Å². The lowest BCUT2D eigenvalue weighted by Crippen LogP contribution is -2.25. The second-order valence-corrected chi connectivity index (χ2v) is 5.71. The number of carbonyl (C=O) groups is 1. The second kappa shape index (κ2) is 7.46. The zero-order chi connectivity index (χ0) is 15.2. The smallest absolute Gasteiger partial charge is 0.225 e. The van der Waals surface area contributed by atoms with E-state index in [2.05, 4.69) is 24.4 Å². The van der Waals surface area contributed by atoms with Crippen LogP contribution in [0.15, 0.2) is 18.2 Å². The minimum atomic E-state index is 0.102. The first-order valence-corrected chi connectivity index (χ1v) is 7.81. The Balaban J connectivity index is 2.04. The normalized spacial score (nSPS) is 17.2. The molecule has 0 radical (unpaired) electrons. The van der Waals surface area contributed by atoms with Crippen LogP contribution in [0.4, 0.5) is 0 Å². The Morgan fingerprint density at radius 2 is 2.24 bits per heavy atom. The van der Waals surface area contributed by atoms with E-state index in [1.807, 2.05) is 6.07 Å². The molecular formula is C17H26N2O2. The summed E-state index contributed by atoms with van der Waals surface area (Å²) in [5.74, 6) is 1.05. The second-order valence-electron chi connectivity index (χ2n) is 5.71. The summed E-state index contributed by atoms with van der Waals surface area (Å²) in [6, 6.07) is 6.70. The highest BCUT2D eigenvalue weighted by atomic mass is 16.5. The zero-order valence-corrected chi connectivity index (χ0v) is 13.3. The number of ether oxygens (including phenoxy) is 1. The van der Waals surface area contributed by atoms with Crippen molar-refractivity contribution in [2.75, 3.05) is 27.2 Å². The van der Waals surface area contributed by atoms with Crippen molar-refractivity contribution in [3.05, 3.63) is 29.3 Å². The van der Waals surface area contributed by atoms with Crippen LogP contribution in [0, 0.1) is 0 Å². The van der Waals surface area contributed by atoms with Crippen LogP contribution in [0.3, 0.4) is 0 Å². The lowest BCUT2D eigenvalue weighted by molar-refractivity contribution is -0.129. The molecular weight excluding hydrogens is 264 g/mol. The van der Waals surface area contributed by atoms with Crippen LogP contribution in [0.1, 0.15) is 43.4 Å². The average Bonchev–Trinajstić information content (AvgIpc) is 2.48. The van der Waals surface area contributed by atoms with Gasteiger partial charge in [-0.1, -0.05) is 19.1 Å². The largest absolute Gasteiger partial charge is 0.493 e. The minimum Gasteiger partial charge on any atom is -0.493 e. The molecule has 116 valence electrons. The van der Waals surface area contributed by atoms with Crippen molar-refractivity contribution in [2.45, 2.75) is 38.6 Å². The molecule has 0 spiro atoms. The molecule has 21 heavy (non-hydrogen) atoms. The molecule has 1 aliphatic rings. The van der Waals surface area contributed by atoms with E-state index >= 15 is 0 Å². The molecule has 1 amide bonds. The van der Waals surface area contributed by atoms with Crippen LogP contribution in [0.2, 0.25) is 0 Å². The first kappa shape index (κ1) is 15.8. The predicted octanol–water partition coefficient (Wildman–Crippen LogP) is 2.53. The van der Waals surface area contributed by atoms with Crippen molar-refractivity contribution in [1.82, 2.24) is 10.2 Å². The molecule has 0 aromatic heterocycles. The molecule has 0 aliphatic heterocycles. The standard InChI is InChI=1S/C17H26N2O2/c1-4-18-15-9-5-8-14-13(15)7-6-10-16(14)21-12-11-17(20)19(2)3/h6-7,10,15,18H,4-5,8-9,11-12H2,1-3H3. The predicted molar refractivity (Wildman–Crippen MR) is 84.6 cm³/mol. The summed E-state index contributed by atoms with van der Waals surface area (Å²) in [5, 5.41) is 3.54. The van der Waals surface area contributed by atoms with Crippen molar-refractivity contribution in [3.8, 4) is 5.75 Å². The number of nitrogens with zero attached hydrogens (tertiary/aromatic N) is 1. The van der Waals surface area contributed by atoms with Crippen LogP contribution >= 0.6 is 0 Å². The van der Waals surface area contributed by atoms with Gasteiger partial charge in [0, 0.05) is 20.1 Å². The summed E-state index contributed by atoms with van der Waals surface area (Å²) in [6.45, 7) is 3.56. The summed E-state index contributed by atoms with van der Waals surface area (Å²) in [4.78, 5) is 13.2. The summed E-state index contributed by atoms with van der Waals surface area (Å²) in [5.41, 5.74) is 2.67. The Bertz CT molecular complexity index is 486. The van der Waals surface area contributed by atoms with Crippen LogP contribution in [-0.4, -0.2) is 38.1 Å². The van der Waals surface area contributed by atoms with Crippen molar-refractivity contribution >= 4 is 5.91 Å². The van der Waals surface area contributed by atoms with Gasteiger partial charge >= 0.3 is 0 Å². The van der Waals surface area contributed by atoms with Crippen LogP contribution in [-0.2, 0) is 11.2 Å². The monoisotopic (exact) mass is 290 g/mol. The summed E-state index contributed by atoms with van der Waals surface area (Å²) >= 11 is 0. The Morgan fingerprint density at radius 3 is 2.95 bits per heavy atom. The third-order valence-electron chi connectivity index (χ3n) is 3.99. The number of hydrogen-bond acceptors (Lipinski definition) is 3. The highest BCUT2D eigenvalue weighted by molar-refractivity contribution is 5.75. The molecule has 0 bridgehead atoms. The molecule has 1 aromatic carbocycles. The highest BCUT2D eigenvalue weighted by Crippen LogP contribution is 2.35. The van der Waals surface area contributed by atoms with E-state index in [0.717, 1.165) is 18.7 Å². The minimum absolute atomic E-state index is 0.102. The Hall–Kier alpha value is -1.55. The fourth-order valence-electron chi connectivity index (χ4n) is 2.88. The lowest BCUT2D eigenvalue weighted by atomic mass is 9.87. The number of nitrogens with one attached hydrogen (secondary N) is 1. The zero-order valence-electron chi connectivity index (χ0n) is 13.3. The van der Waals surface area contributed by atoms with E-state index in [1.165, 1.54) is 24.0 Å². The quantitative estimate of drug-likeness (QED) is 0.875. The van der Waals surface area contributed by atoms with Gasteiger partial charge in [-0.25, -0.2) is 0 Å². The summed E-state index contributed by atoms with van der Waals surface area (Å²) in [6.07, 6.45) is 3.85. The van der Waals surface area contributed by atoms with Crippen molar-refractivity contribution in [2.24, 2.45) is 0 Å². The molecule has 4 nitrogen and oxygen atoms in total. The number of amides is 1. The number of hydrogen-bond donors (Lipinski definition) is 1. The maximum absolute atomic E-state index is 11.6. The SMILES string of the molecule is CCNC1CCCc2c(OCCC(=O)N(C)C)cccc21. The lowest BCUT2D eigenvalue weighted by Gasteiger charge is -2.27. The first-order chi connectivity index (χ1) is 10.1. The molecule has 1 aliphatic carbocycles. The van der Waals surface area contributed by atoms with Gasteiger partial charge in [-0.05, 0) is 43.0 Å². The first-order valence-electron chi connectivity index (χ1n) is 7.81. The third kappa shape index (κ3) is 3.97. The maximum Gasteiger partial charge on any atom is 0.225 e. The molecule has 2 rings (SSSR count). The van der Waals surface area contributed by atoms with E-state index < -0.39 is 0 Å². The molecule has 1 unspecified atom stereocenters. The van der Waals surface area contributed by atoms with Gasteiger partial charge in [-0.15, -0.1) is 0 Å². The van der Waals surface area contributed by atoms with Gasteiger partial charge in [0.2, 0.25) is 5.91 Å².